The lowest BCUT2D eigenvalue weighted by Gasteiger charge is -2.19. The Morgan fingerprint density at radius 3 is 2.56 bits per heavy atom. The van der Waals surface area contributed by atoms with Gasteiger partial charge in [0.15, 0.2) is 5.96 Å². The molecule has 0 saturated heterocycles. The molecule has 138 valence electrons. The van der Waals surface area contributed by atoms with Crippen LogP contribution in [0, 0.1) is 0 Å². The van der Waals surface area contributed by atoms with Crippen molar-refractivity contribution in [3.05, 3.63) is 84.4 Å². The number of aliphatic imine (C=N–C) groups is 1. The van der Waals surface area contributed by atoms with Gasteiger partial charge in [0.05, 0.1) is 12.0 Å². The van der Waals surface area contributed by atoms with Gasteiger partial charge in [-0.05, 0) is 30.0 Å². The molecule has 2 N–H and O–H groups in total. The summed E-state index contributed by atoms with van der Waals surface area (Å²) in [5.41, 5.74) is 4.00. The van der Waals surface area contributed by atoms with Gasteiger partial charge in [0, 0.05) is 37.9 Å². The molecule has 1 aliphatic rings. The highest BCUT2D eigenvalue weighted by Gasteiger charge is 2.43. The molecule has 1 heterocycles. The van der Waals surface area contributed by atoms with Crippen molar-refractivity contribution < 1.29 is 0 Å². The summed E-state index contributed by atoms with van der Waals surface area (Å²) in [6.07, 6.45) is 8.03. The van der Waals surface area contributed by atoms with E-state index in [1.807, 2.05) is 30.2 Å². The van der Waals surface area contributed by atoms with Crippen LogP contribution < -0.4 is 10.6 Å². The van der Waals surface area contributed by atoms with E-state index in [-0.39, 0.29) is 5.41 Å². The zero-order valence-electron chi connectivity index (χ0n) is 15.6. The van der Waals surface area contributed by atoms with Crippen LogP contribution in [0.15, 0.2) is 78.3 Å². The molecule has 0 amide bonds. The third-order valence-electron chi connectivity index (χ3n) is 5.28. The van der Waals surface area contributed by atoms with Gasteiger partial charge in [-0.2, -0.15) is 0 Å². The number of imidazole rings is 1. The summed E-state index contributed by atoms with van der Waals surface area (Å²) in [6, 6.07) is 19.1. The van der Waals surface area contributed by atoms with E-state index in [2.05, 4.69) is 69.1 Å². The third kappa shape index (κ3) is 3.87. The molecular formula is C22H25N5. The van der Waals surface area contributed by atoms with Crippen LogP contribution in [0.4, 0.5) is 0 Å². The first-order valence-electron chi connectivity index (χ1n) is 9.37. The van der Waals surface area contributed by atoms with Gasteiger partial charge in [-0.1, -0.05) is 48.5 Å². The Bertz CT molecular complexity index is 895. The maximum atomic E-state index is 4.40. The fourth-order valence-corrected chi connectivity index (χ4v) is 3.48. The fraction of sp³-hybridized carbons (Fsp3) is 0.273. The van der Waals surface area contributed by atoms with E-state index >= 15 is 0 Å². The van der Waals surface area contributed by atoms with Crippen LogP contribution in [-0.4, -0.2) is 29.1 Å². The normalized spacial score (nSPS) is 15.4. The van der Waals surface area contributed by atoms with Crippen molar-refractivity contribution in [3.8, 4) is 5.69 Å². The second-order valence-corrected chi connectivity index (χ2v) is 7.02. The molecule has 0 aliphatic heterocycles. The van der Waals surface area contributed by atoms with Gasteiger partial charge in [-0.25, -0.2) is 4.98 Å². The Morgan fingerprint density at radius 2 is 1.85 bits per heavy atom. The molecule has 3 aromatic rings. The molecule has 4 rings (SSSR count). The van der Waals surface area contributed by atoms with Gasteiger partial charge >= 0.3 is 0 Å². The topological polar surface area (TPSA) is 54.2 Å². The van der Waals surface area contributed by atoms with Gasteiger partial charge in [0.2, 0.25) is 0 Å². The molecule has 5 heteroatoms. The second kappa shape index (κ2) is 7.66. The van der Waals surface area contributed by atoms with Gasteiger partial charge in [-0.15, -0.1) is 0 Å². The Kier molecular flexibility index (Phi) is 4.92. The number of nitrogens with zero attached hydrogens (tertiary/aromatic N) is 3. The lowest BCUT2D eigenvalue weighted by atomic mass is 9.96. The Balaban J connectivity index is 1.39. The molecule has 0 bridgehead atoms. The van der Waals surface area contributed by atoms with Crippen LogP contribution in [0.5, 0.6) is 0 Å². The maximum Gasteiger partial charge on any atom is 0.191 e. The monoisotopic (exact) mass is 359 g/mol. The molecule has 0 unspecified atom stereocenters. The molecule has 1 fully saturated rings. The first-order chi connectivity index (χ1) is 13.3. The van der Waals surface area contributed by atoms with Crippen LogP contribution in [-0.2, 0) is 12.0 Å². The van der Waals surface area contributed by atoms with Crippen LogP contribution >= 0.6 is 0 Å². The van der Waals surface area contributed by atoms with E-state index in [4.69, 9.17) is 0 Å². The summed E-state index contributed by atoms with van der Waals surface area (Å²) in [5.74, 6) is 0.831. The number of hydrogen-bond acceptors (Lipinski definition) is 2. The smallest absolute Gasteiger partial charge is 0.191 e. The third-order valence-corrected chi connectivity index (χ3v) is 5.28. The number of guanidine groups is 1. The number of rotatable bonds is 6. The quantitative estimate of drug-likeness (QED) is 0.525. The highest BCUT2D eigenvalue weighted by atomic mass is 15.2. The van der Waals surface area contributed by atoms with Crippen molar-refractivity contribution in [2.24, 2.45) is 4.99 Å². The lowest BCUT2D eigenvalue weighted by molar-refractivity contribution is 0.645. The predicted molar refractivity (Wildman–Crippen MR) is 109 cm³/mol. The van der Waals surface area contributed by atoms with Crippen LogP contribution in [0.3, 0.4) is 0 Å². The zero-order chi connectivity index (χ0) is 18.5. The Hall–Kier alpha value is -3.08. The van der Waals surface area contributed by atoms with Crippen LogP contribution in [0.1, 0.15) is 24.0 Å². The average Bonchev–Trinajstić information content (AvgIpc) is 3.32. The van der Waals surface area contributed by atoms with E-state index < -0.39 is 0 Å². The zero-order valence-corrected chi connectivity index (χ0v) is 15.6. The van der Waals surface area contributed by atoms with E-state index in [1.165, 1.54) is 24.0 Å². The van der Waals surface area contributed by atoms with E-state index in [1.54, 1.807) is 6.20 Å². The number of nitrogens with one attached hydrogen (secondary N) is 2. The van der Waals surface area contributed by atoms with Crippen LogP contribution in [0.25, 0.3) is 5.69 Å². The fourth-order valence-electron chi connectivity index (χ4n) is 3.48. The molecule has 0 radical (unpaired) electrons. The molecule has 1 aromatic heterocycles. The molecule has 5 nitrogen and oxygen atoms in total. The SMILES string of the molecule is CN=C(NCc1ccccc1-n1ccnc1)NCC1(c2ccccc2)CC1. The summed E-state index contributed by atoms with van der Waals surface area (Å²) in [7, 11) is 1.82. The van der Waals surface area contributed by atoms with Gasteiger partial charge in [0.1, 0.15) is 0 Å². The Labute approximate surface area is 160 Å². The van der Waals surface area contributed by atoms with E-state index in [0.29, 0.717) is 6.54 Å². The summed E-state index contributed by atoms with van der Waals surface area (Å²) in [5, 5.41) is 6.96. The van der Waals surface area contributed by atoms with Crippen molar-refractivity contribution in [1.29, 1.82) is 0 Å². The van der Waals surface area contributed by atoms with Crippen molar-refractivity contribution >= 4 is 5.96 Å². The number of para-hydroxylation sites is 1. The van der Waals surface area contributed by atoms with Crippen LogP contribution in [0.2, 0.25) is 0 Å². The van der Waals surface area contributed by atoms with Crippen molar-refractivity contribution in [2.75, 3.05) is 13.6 Å². The minimum absolute atomic E-state index is 0.258. The molecule has 1 aliphatic carbocycles. The molecule has 27 heavy (non-hydrogen) atoms. The van der Waals surface area contributed by atoms with Gasteiger partial charge < -0.3 is 15.2 Å². The lowest BCUT2D eigenvalue weighted by Crippen LogP contribution is -2.41. The highest BCUT2D eigenvalue weighted by Crippen LogP contribution is 2.47. The summed E-state index contributed by atoms with van der Waals surface area (Å²) in [4.78, 5) is 8.55. The summed E-state index contributed by atoms with van der Waals surface area (Å²) in [6.45, 7) is 1.60. The van der Waals surface area contributed by atoms with Crippen molar-refractivity contribution in [2.45, 2.75) is 24.8 Å². The number of benzene rings is 2. The molecular weight excluding hydrogens is 334 g/mol. The standard InChI is InChI=1S/C22H25N5/c1-23-21(26-16-22(11-12-22)19-8-3-2-4-9-19)25-15-18-7-5-6-10-20(18)27-14-13-24-17-27/h2-10,13-14,17H,11-12,15-16H2,1H3,(H2,23,25,26). The molecule has 1 saturated carbocycles. The highest BCUT2D eigenvalue weighted by molar-refractivity contribution is 5.80. The van der Waals surface area contributed by atoms with Crippen molar-refractivity contribution in [3.63, 3.8) is 0 Å². The number of aromatic nitrogens is 2. The molecule has 2 aromatic carbocycles. The first-order valence-corrected chi connectivity index (χ1v) is 9.37. The van der Waals surface area contributed by atoms with Crippen molar-refractivity contribution in [1.82, 2.24) is 20.2 Å². The van der Waals surface area contributed by atoms with E-state index in [9.17, 15) is 0 Å². The van der Waals surface area contributed by atoms with E-state index in [0.717, 1.165) is 18.2 Å². The van der Waals surface area contributed by atoms with Gasteiger partial charge in [0.25, 0.3) is 0 Å². The first kappa shape index (κ1) is 17.3. The maximum absolute atomic E-state index is 4.40. The largest absolute Gasteiger partial charge is 0.356 e. The molecule has 0 spiro atoms. The second-order valence-electron chi connectivity index (χ2n) is 7.02. The molecule has 0 atom stereocenters. The average molecular weight is 359 g/mol. The Morgan fingerprint density at radius 1 is 1.07 bits per heavy atom. The minimum atomic E-state index is 0.258. The summed E-state index contributed by atoms with van der Waals surface area (Å²) >= 11 is 0. The predicted octanol–water partition coefficient (Wildman–Crippen LogP) is 3.27. The van der Waals surface area contributed by atoms with Gasteiger partial charge in [-0.3, -0.25) is 4.99 Å². The summed E-state index contributed by atoms with van der Waals surface area (Å²) < 4.78 is 2.03. The number of hydrogen-bond donors (Lipinski definition) is 2. The minimum Gasteiger partial charge on any atom is -0.356 e.